The molecule has 0 nitrogen and oxygen atoms in total. The summed E-state index contributed by atoms with van der Waals surface area (Å²) in [6.45, 7) is 5.16. The van der Waals surface area contributed by atoms with Crippen molar-refractivity contribution < 1.29 is 8.78 Å². The van der Waals surface area contributed by atoms with Gasteiger partial charge in [-0.15, -0.1) is 0 Å². The summed E-state index contributed by atoms with van der Waals surface area (Å²) in [5.74, 6) is -1.49. The molecule has 0 aliphatic heterocycles. The molecule has 0 aromatic carbocycles. The normalized spacial score (nSPS) is 23.2. The summed E-state index contributed by atoms with van der Waals surface area (Å²) < 4.78 is 25.9. The Hall–Kier alpha value is -0.920. The summed E-state index contributed by atoms with van der Waals surface area (Å²) in [6.07, 6.45) is 3.43. The Kier molecular flexibility index (Phi) is 2.79. The van der Waals surface area contributed by atoms with Crippen LogP contribution in [-0.4, -0.2) is 0 Å². The Morgan fingerprint density at radius 3 is 2.50 bits per heavy atom. The first-order valence-corrected chi connectivity index (χ1v) is 4.05. The maximum atomic E-state index is 13.1. The molecule has 0 atom stereocenters. The zero-order valence-corrected chi connectivity index (χ0v) is 7.16. The number of hydrogen-bond acceptors (Lipinski definition) is 0. The van der Waals surface area contributed by atoms with E-state index in [-0.39, 0.29) is 0 Å². The molecule has 0 spiro atoms. The second-order valence-corrected chi connectivity index (χ2v) is 2.89. The first-order chi connectivity index (χ1) is 5.66. The lowest BCUT2D eigenvalue weighted by atomic mass is 10.1. The van der Waals surface area contributed by atoms with E-state index in [0.717, 1.165) is 24.5 Å². The molecule has 0 aromatic rings. The SMILES string of the molecule is C=C1CCC/C1=C(F)/C(F)=C\C. The lowest BCUT2D eigenvalue weighted by Gasteiger charge is -2.00. The monoisotopic (exact) mass is 170 g/mol. The first-order valence-electron chi connectivity index (χ1n) is 4.05. The number of allylic oxidation sites excluding steroid dienone is 5. The maximum absolute atomic E-state index is 13.1. The number of hydrogen-bond donors (Lipinski definition) is 0. The Morgan fingerprint density at radius 2 is 2.08 bits per heavy atom. The van der Waals surface area contributed by atoms with Crippen LogP contribution in [0.25, 0.3) is 0 Å². The van der Waals surface area contributed by atoms with Crippen molar-refractivity contribution in [2.24, 2.45) is 0 Å². The van der Waals surface area contributed by atoms with Crippen LogP contribution in [0.1, 0.15) is 26.2 Å². The van der Waals surface area contributed by atoms with Gasteiger partial charge < -0.3 is 0 Å². The molecule has 1 aliphatic rings. The minimum Gasteiger partial charge on any atom is -0.204 e. The maximum Gasteiger partial charge on any atom is 0.161 e. The standard InChI is InChI=1S/C10H12F2/c1-3-9(11)10(12)8-6-4-5-7(8)2/h3H,2,4-6H2,1H3/b9-3+,10-8+. The Morgan fingerprint density at radius 1 is 1.42 bits per heavy atom. The molecule has 66 valence electrons. The molecule has 1 rings (SSSR count). The molecule has 1 aliphatic carbocycles. The summed E-state index contributed by atoms with van der Waals surface area (Å²) in [6, 6.07) is 0. The van der Waals surface area contributed by atoms with Crippen LogP contribution in [0, 0.1) is 0 Å². The summed E-state index contributed by atoms with van der Waals surface area (Å²) in [4.78, 5) is 0. The van der Waals surface area contributed by atoms with Crippen LogP contribution in [0.2, 0.25) is 0 Å². The van der Waals surface area contributed by atoms with Crippen LogP contribution in [0.5, 0.6) is 0 Å². The van der Waals surface area contributed by atoms with E-state index >= 15 is 0 Å². The van der Waals surface area contributed by atoms with Gasteiger partial charge in [0.15, 0.2) is 11.7 Å². The fourth-order valence-electron chi connectivity index (χ4n) is 1.34. The van der Waals surface area contributed by atoms with Gasteiger partial charge in [0, 0.05) is 0 Å². The molecule has 0 unspecified atom stereocenters. The average Bonchev–Trinajstić information content (AvgIpc) is 2.48. The van der Waals surface area contributed by atoms with Crippen molar-refractivity contribution in [3.8, 4) is 0 Å². The molecule has 0 saturated heterocycles. The van der Waals surface area contributed by atoms with Crippen molar-refractivity contribution >= 4 is 0 Å². The first kappa shape index (κ1) is 9.17. The molecular weight excluding hydrogens is 158 g/mol. The molecule has 12 heavy (non-hydrogen) atoms. The molecule has 1 fully saturated rings. The minimum absolute atomic E-state index is 0.464. The Balaban J connectivity index is 2.97. The third-order valence-corrected chi connectivity index (χ3v) is 2.06. The molecule has 0 N–H and O–H groups in total. The topological polar surface area (TPSA) is 0 Å². The van der Waals surface area contributed by atoms with Gasteiger partial charge in [0.05, 0.1) is 0 Å². The van der Waals surface area contributed by atoms with E-state index in [1.165, 1.54) is 6.92 Å². The Labute approximate surface area is 71.3 Å². The van der Waals surface area contributed by atoms with E-state index in [9.17, 15) is 8.78 Å². The summed E-state index contributed by atoms with van der Waals surface area (Å²) >= 11 is 0. The zero-order chi connectivity index (χ0) is 9.14. The van der Waals surface area contributed by atoms with Crippen molar-refractivity contribution in [1.82, 2.24) is 0 Å². The molecule has 1 saturated carbocycles. The molecule has 0 amide bonds. The summed E-state index contributed by atoms with van der Waals surface area (Å²) in [5.41, 5.74) is 1.20. The van der Waals surface area contributed by atoms with Crippen molar-refractivity contribution in [3.63, 3.8) is 0 Å². The van der Waals surface area contributed by atoms with Crippen LogP contribution in [0.3, 0.4) is 0 Å². The fourth-order valence-corrected chi connectivity index (χ4v) is 1.34. The second kappa shape index (κ2) is 3.65. The van der Waals surface area contributed by atoms with Gasteiger partial charge in [0.25, 0.3) is 0 Å². The van der Waals surface area contributed by atoms with Gasteiger partial charge in [-0.2, -0.15) is 0 Å². The van der Waals surface area contributed by atoms with Crippen LogP contribution in [-0.2, 0) is 0 Å². The lowest BCUT2D eigenvalue weighted by Crippen LogP contribution is -1.84. The molecule has 0 radical (unpaired) electrons. The Bertz CT molecular complexity index is 259. The predicted octanol–water partition coefficient (Wildman–Crippen LogP) is 3.82. The lowest BCUT2D eigenvalue weighted by molar-refractivity contribution is 0.536. The second-order valence-electron chi connectivity index (χ2n) is 2.89. The van der Waals surface area contributed by atoms with E-state index in [0.29, 0.717) is 12.0 Å². The largest absolute Gasteiger partial charge is 0.204 e. The molecular formula is C10H12F2. The number of halogens is 2. The molecule has 0 heterocycles. The van der Waals surface area contributed by atoms with Gasteiger partial charge in [-0.3, -0.25) is 0 Å². The number of rotatable bonds is 1. The molecule has 0 bridgehead atoms. The van der Waals surface area contributed by atoms with Crippen molar-refractivity contribution in [2.75, 3.05) is 0 Å². The highest BCUT2D eigenvalue weighted by Crippen LogP contribution is 2.34. The van der Waals surface area contributed by atoms with E-state index in [4.69, 9.17) is 0 Å². The van der Waals surface area contributed by atoms with Crippen LogP contribution in [0.4, 0.5) is 8.78 Å². The van der Waals surface area contributed by atoms with Gasteiger partial charge in [0.1, 0.15) is 0 Å². The fraction of sp³-hybridized carbons (Fsp3) is 0.400. The highest BCUT2D eigenvalue weighted by Gasteiger charge is 2.18. The van der Waals surface area contributed by atoms with E-state index < -0.39 is 11.7 Å². The minimum atomic E-state index is -0.770. The predicted molar refractivity (Wildman–Crippen MR) is 46.0 cm³/mol. The molecule has 0 aromatic heterocycles. The van der Waals surface area contributed by atoms with Crippen molar-refractivity contribution in [3.05, 3.63) is 35.5 Å². The van der Waals surface area contributed by atoms with Gasteiger partial charge in [-0.25, -0.2) is 8.78 Å². The van der Waals surface area contributed by atoms with Crippen LogP contribution < -0.4 is 0 Å². The van der Waals surface area contributed by atoms with Gasteiger partial charge >= 0.3 is 0 Å². The van der Waals surface area contributed by atoms with Crippen LogP contribution >= 0.6 is 0 Å². The van der Waals surface area contributed by atoms with Crippen molar-refractivity contribution in [2.45, 2.75) is 26.2 Å². The third kappa shape index (κ3) is 1.63. The highest BCUT2D eigenvalue weighted by molar-refractivity contribution is 5.40. The van der Waals surface area contributed by atoms with E-state index in [1.54, 1.807) is 0 Å². The molecule has 2 heteroatoms. The highest BCUT2D eigenvalue weighted by atomic mass is 19.2. The van der Waals surface area contributed by atoms with Gasteiger partial charge in [-0.1, -0.05) is 6.58 Å². The van der Waals surface area contributed by atoms with Gasteiger partial charge in [-0.05, 0) is 43.4 Å². The van der Waals surface area contributed by atoms with E-state index in [1.807, 2.05) is 0 Å². The van der Waals surface area contributed by atoms with Crippen LogP contribution in [0.15, 0.2) is 35.5 Å². The van der Waals surface area contributed by atoms with Crippen molar-refractivity contribution in [1.29, 1.82) is 0 Å². The smallest absolute Gasteiger partial charge is 0.161 e. The summed E-state index contributed by atoms with van der Waals surface area (Å²) in [5, 5.41) is 0. The van der Waals surface area contributed by atoms with Gasteiger partial charge in [0.2, 0.25) is 0 Å². The quantitative estimate of drug-likeness (QED) is 0.561. The third-order valence-electron chi connectivity index (χ3n) is 2.06. The van der Waals surface area contributed by atoms with E-state index in [2.05, 4.69) is 6.58 Å². The zero-order valence-electron chi connectivity index (χ0n) is 7.16. The summed E-state index contributed by atoms with van der Waals surface area (Å²) in [7, 11) is 0. The average molecular weight is 170 g/mol.